The molecule has 12 heavy (non-hydrogen) atoms. The van der Waals surface area contributed by atoms with Crippen LogP contribution in [0.3, 0.4) is 0 Å². The average molecular weight is 218 g/mol. The van der Waals surface area contributed by atoms with Crippen molar-refractivity contribution in [3.8, 4) is 0 Å². The van der Waals surface area contributed by atoms with Crippen molar-refractivity contribution >= 4 is 40.6 Å². The molecule has 0 spiro atoms. The van der Waals surface area contributed by atoms with E-state index < -0.39 is 0 Å². The number of Topliss-reactive ketones (excluding diaryl/α,β-unsaturated/α-hetero) is 1. The van der Waals surface area contributed by atoms with Gasteiger partial charge in [-0.15, -0.1) is 34.9 Å². The molecule has 4 heteroatoms. The van der Waals surface area contributed by atoms with Gasteiger partial charge in [0.25, 0.3) is 0 Å². The quantitative estimate of drug-likeness (QED) is 0.572. The van der Waals surface area contributed by atoms with Crippen molar-refractivity contribution < 1.29 is 4.79 Å². The van der Waals surface area contributed by atoms with E-state index in [0.717, 1.165) is 9.77 Å². The molecule has 0 N–H and O–H groups in total. The molecule has 0 aliphatic carbocycles. The summed E-state index contributed by atoms with van der Waals surface area (Å²) in [6.45, 7) is 1.62. The first-order valence-electron chi connectivity index (χ1n) is 3.41. The molecule has 0 radical (unpaired) electrons. The molecule has 1 nitrogen and oxygen atoms in total. The largest absolute Gasteiger partial charge is 0.294 e. The van der Waals surface area contributed by atoms with Crippen molar-refractivity contribution in [1.82, 2.24) is 0 Å². The van der Waals surface area contributed by atoms with Gasteiger partial charge in [-0.3, -0.25) is 4.79 Å². The summed E-state index contributed by atoms with van der Waals surface area (Å²) in [5.41, 5.74) is 0. The molecular weight excluding hydrogens is 208 g/mol. The molecule has 0 unspecified atom stereocenters. The van der Waals surface area contributed by atoms with Crippen LogP contribution in [0.4, 0.5) is 0 Å². The van der Waals surface area contributed by atoms with Crippen molar-refractivity contribution in [2.75, 3.05) is 12.5 Å². The molecule has 0 atom stereocenters. The zero-order valence-electron chi connectivity index (χ0n) is 7.21. The third-order valence-corrected chi connectivity index (χ3v) is 4.61. The van der Waals surface area contributed by atoms with Gasteiger partial charge in [-0.05, 0) is 25.5 Å². The van der Waals surface area contributed by atoms with Gasteiger partial charge in [0.15, 0.2) is 5.78 Å². The molecule has 1 aromatic rings. The van der Waals surface area contributed by atoms with E-state index in [-0.39, 0.29) is 5.78 Å². The predicted molar refractivity (Wildman–Crippen MR) is 57.9 cm³/mol. The average Bonchev–Trinajstić information content (AvgIpc) is 2.47. The topological polar surface area (TPSA) is 17.1 Å². The third kappa shape index (κ3) is 2.06. The normalized spacial score (nSPS) is 10.2. The Morgan fingerprint density at radius 1 is 1.42 bits per heavy atom. The van der Waals surface area contributed by atoms with Crippen LogP contribution in [-0.4, -0.2) is 18.3 Å². The Labute approximate surface area is 84.9 Å². The first-order valence-corrected chi connectivity index (χ1v) is 6.68. The second kappa shape index (κ2) is 4.35. The molecule has 66 valence electrons. The van der Waals surface area contributed by atoms with Crippen LogP contribution in [0.1, 0.15) is 16.6 Å². The van der Waals surface area contributed by atoms with Crippen LogP contribution in [0, 0.1) is 0 Å². The van der Waals surface area contributed by atoms with Crippen molar-refractivity contribution in [3.05, 3.63) is 10.9 Å². The fourth-order valence-corrected chi connectivity index (χ4v) is 3.44. The molecule has 0 saturated heterocycles. The molecule has 1 aromatic heterocycles. The highest BCUT2D eigenvalue weighted by molar-refractivity contribution is 8.01. The standard InChI is InChI=1S/C8H10OS3/c1-5(9)8-6(10-2)4-7(11-3)12-8/h4H,1-3H3. The molecule has 1 heterocycles. The number of carbonyl (C=O) groups excluding carboxylic acids is 1. The van der Waals surface area contributed by atoms with Crippen LogP contribution in [0.25, 0.3) is 0 Å². The summed E-state index contributed by atoms with van der Waals surface area (Å²) < 4.78 is 1.21. The van der Waals surface area contributed by atoms with E-state index in [0.29, 0.717) is 0 Å². The van der Waals surface area contributed by atoms with Gasteiger partial charge in [0.05, 0.1) is 9.09 Å². The summed E-state index contributed by atoms with van der Waals surface area (Å²) >= 11 is 4.91. The summed E-state index contributed by atoms with van der Waals surface area (Å²) in [4.78, 5) is 13.1. The minimum atomic E-state index is 0.171. The molecule has 0 aromatic carbocycles. The van der Waals surface area contributed by atoms with Crippen molar-refractivity contribution in [3.63, 3.8) is 0 Å². The van der Waals surface area contributed by atoms with Crippen LogP contribution in [0.2, 0.25) is 0 Å². The summed E-state index contributed by atoms with van der Waals surface area (Å²) in [6.07, 6.45) is 4.03. The van der Waals surface area contributed by atoms with Gasteiger partial charge in [-0.2, -0.15) is 0 Å². The second-order valence-corrected chi connectivity index (χ2v) is 5.23. The molecule has 0 aliphatic rings. The number of hydrogen-bond acceptors (Lipinski definition) is 4. The number of thioether (sulfide) groups is 2. The Morgan fingerprint density at radius 3 is 2.42 bits per heavy atom. The van der Waals surface area contributed by atoms with Gasteiger partial charge >= 0.3 is 0 Å². The smallest absolute Gasteiger partial charge is 0.170 e. The summed E-state index contributed by atoms with van der Waals surface area (Å²) in [6, 6.07) is 2.08. The van der Waals surface area contributed by atoms with E-state index in [1.54, 1.807) is 41.8 Å². The lowest BCUT2D eigenvalue weighted by molar-refractivity contribution is 0.101. The molecule has 0 saturated carbocycles. The van der Waals surface area contributed by atoms with Crippen LogP contribution < -0.4 is 0 Å². The number of thiophene rings is 1. The summed E-state index contributed by atoms with van der Waals surface area (Å²) in [7, 11) is 0. The monoisotopic (exact) mass is 218 g/mol. The van der Waals surface area contributed by atoms with E-state index in [4.69, 9.17) is 0 Å². The molecule has 1 rings (SSSR count). The predicted octanol–water partition coefficient (Wildman–Crippen LogP) is 3.39. The second-order valence-electron chi connectivity index (χ2n) is 2.22. The van der Waals surface area contributed by atoms with E-state index in [2.05, 4.69) is 6.07 Å². The number of ketones is 1. The highest BCUT2D eigenvalue weighted by Gasteiger charge is 2.11. The Morgan fingerprint density at radius 2 is 2.08 bits per heavy atom. The first kappa shape index (κ1) is 10.2. The van der Waals surface area contributed by atoms with Crippen LogP contribution in [0.15, 0.2) is 15.2 Å². The summed E-state index contributed by atoms with van der Waals surface area (Å²) in [5.74, 6) is 0.171. The highest BCUT2D eigenvalue weighted by atomic mass is 32.2. The Balaban J connectivity index is 3.08. The zero-order chi connectivity index (χ0) is 9.14. The number of rotatable bonds is 3. The third-order valence-electron chi connectivity index (χ3n) is 1.42. The fraction of sp³-hybridized carbons (Fsp3) is 0.375. The van der Waals surface area contributed by atoms with Crippen LogP contribution in [0.5, 0.6) is 0 Å². The Kier molecular flexibility index (Phi) is 3.68. The van der Waals surface area contributed by atoms with E-state index in [1.807, 2.05) is 12.5 Å². The lowest BCUT2D eigenvalue weighted by atomic mass is 10.3. The van der Waals surface area contributed by atoms with Gasteiger partial charge in [-0.1, -0.05) is 0 Å². The fourth-order valence-electron chi connectivity index (χ4n) is 0.851. The maximum atomic E-state index is 11.1. The number of carbonyl (C=O) groups is 1. The van der Waals surface area contributed by atoms with E-state index in [1.165, 1.54) is 4.21 Å². The molecule has 0 bridgehead atoms. The van der Waals surface area contributed by atoms with Gasteiger partial charge in [0, 0.05) is 4.90 Å². The van der Waals surface area contributed by atoms with E-state index >= 15 is 0 Å². The van der Waals surface area contributed by atoms with Crippen LogP contribution >= 0.6 is 34.9 Å². The van der Waals surface area contributed by atoms with Gasteiger partial charge < -0.3 is 0 Å². The van der Waals surface area contributed by atoms with Gasteiger partial charge in [0.1, 0.15) is 0 Å². The van der Waals surface area contributed by atoms with Crippen molar-refractivity contribution in [1.29, 1.82) is 0 Å². The Hall–Kier alpha value is 0.0700. The minimum absolute atomic E-state index is 0.171. The molecular formula is C8H10OS3. The molecule has 0 aliphatic heterocycles. The number of hydrogen-bond donors (Lipinski definition) is 0. The van der Waals surface area contributed by atoms with Gasteiger partial charge in [-0.25, -0.2) is 0 Å². The highest BCUT2D eigenvalue weighted by Crippen LogP contribution is 2.34. The van der Waals surface area contributed by atoms with E-state index in [9.17, 15) is 4.79 Å². The molecule has 0 amide bonds. The Bertz CT molecular complexity index is 290. The van der Waals surface area contributed by atoms with Crippen molar-refractivity contribution in [2.24, 2.45) is 0 Å². The van der Waals surface area contributed by atoms with Crippen LogP contribution in [-0.2, 0) is 0 Å². The van der Waals surface area contributed by atoms with Gasteiger partial charge in [0.2, 0.25) is 0 Å². The molecule has 0 fully saturated rings. The first-order chi connectivity index (χ1) is 5.69. The maximum absolute atomic E-state index is 11.1. The lowest BCUT2D eigenvalue weighted by Crippen LogP contribution is -1.87. The minimum Gasteiger partial charge on any atom is -0.294 e. The lowest BCUT2D eigenvalue weighted by Gasteiger charge is -1.91. The SMILES string of the molecule is CSc1cc(SC)c(C(C)=O)s1. The maximum Gasteiger partial charge on any atom is 0.170 e. The zero-order valence-corrected chi connectivity index (χ0v) is 9.66. The summed E-state index contributed by atoms with van der Waals surface area (Å²) in [5, 5.41) is 0. The van der Waals surface area contributed by atoms with Crippen molar-refractivity contribution in [2.45, 2.75) is 16.0 Å².